The molecule has 6 heteroatoms. The van der Waals surface area contributed by atoms with Gasteiger partial charge in [0.05, 0.1) is 12.1 Å². The number of halogens is 3. The van der Waals surface area contributed by atoms with Crippen molar-refractivity contribution < 1.29 is 9.53 Å². The van der Waals surface area contributed by atoms with Gasteiger partial charge in [0.15, 0.2) is 5.69 Å². The van der Waals surface area contributed by atoms with Crippen LogP contribution in [0.4, 0.5) is 0 Å². The van der Waals surface area contributed by atoms with Gasteiger partial charge in [0, 0.05) is 21.8 Å². The molecule has 0 saturated heterocycles. The van der Waals surface area contributed by atoms with Crippen molar-refractivity contribution in [2.24, 2.45) is 0 Å². The maximum atomic E-state index is 11.7. The van der Waals surface area contributed by atoms with Crippen LogP contribution in [0.15, 0.2) is 30.5 Å². The fourth-order valence-corrected chi connectivity index (χ4v) is 2.31. The molecule has 0 amide bonds. The number of carbonyl (C=O) groups is 1. The molecule has 19 heavy (non-hydrogen) atoms. The highest BCUT2D eigenvalue weighted by Gasteiger charge is 2.16. The van der Waals surface area contributed by atoms with Crippen LogP contribution < -0.4 is 0 Å². The number of hydrogen-bond donors (Lipinski definition) is 0. The lowest BCUT2D eigenvalue weighted by molar-refractivity contribution is 0.0595. The van der Waals surface area contributed by atoms with Gasteiger partial charge in [0.2, 0.25) is 0 Å². The van der Waals surface area contributed by atoms with Gasteiger partial charge < -0.3 is 4.74 Å². The molecule has 2 aromatic rings. The summed E-state index contributed by atoms with van der Waals surface area (Å²) in [6, 6.07) is 6.56. The molecule has 3 nitrogen and oxygen atoms in total. The minimum absolute atomic E-state index is 0.158. The summed E-state index contributed by atoms with van der Waals surface area (Å²) in [5.74, 6) is -0.553. The van der Waals surface area contributed by atoms with Gasteiger partial charge in [0.25, 0.3) is 0 Å². The summed E-state index contributed by atoms with van der Waals surface area (Å²) in [5, 5.41) is 1.32. The Hall–Kier alpha value is -1.29. The Morgan fingerprint density at radius 3 is 2.26 bits per heavy atom. The van der Waals surface area contributed by atoms with Crippen LogP contribution in [0.1, 0.15) is 10.5 Å². The van der Waals surface area contributed by atoms with Crippen LogP contribution in [-0.4, -0.2) is 18.1 Å². The fourth-order valence-electron chi connectivity index (χ4n) is 1.63. The van der Waals surface area contributed by atoms with Gasteiger partial charge in [0.1, 0.15) is 0 Å². The van der Waals surface area contributed by atoms with Gasteiger partial charge in [-0.1, -0.05) is 34.8 Å². The molecule has 0 aliphatic rings. The fraction of sp³-hybridized carbons (Fsp3) is 0.0769. The number of esters is 1. The highest BCUT2D eigenvalue weighted by Crippen LogP contribution is 2.30. The van der Waals surface area contributed by atoms with Crippen molar-refractivity contribution >= 4 is 40.8 Å². The van der Waals surface area contributed by atoms with Crippen LogP contribution in [0.5, 0.6) is 0 Å². The van der Waals surface area contributed by atoms with Crippen molar-refractivity contribution in [1.29, 1.82) is 0 Å². The number of nitrogens with zero attached hydrogens (tertiary/aromatic N) is 1. The Bertz CT molecular complexity index is 624. The second kappa shape index (κ2) is 5.78. The van der Waals surface area contributed by atoms with E-state index in [1.54, 1.807) is 24.3 Å². The highest BCUT2D eigenvalue weighted by atomic mass is 35.5. The third-order valence-electron chi connectivity index (χ3n) is 2.41. The number of benzene rings is 1. The molecule has 98 valence electrons. The van der Waals surface area contributed by atoms with Crippen LogP contribution in [0.2, 0.25) is 15.1 Å². The lowest BCUT2D eigenvalue weighted by Gasteiger charge is -2.08. The molecule has 0 atom stereocenters. The molecule has 2 rings (SSSR count). The van der Waals surface area contributed by atoms with Crippen LogP contribution >= 0.6 is 34.8 Å². The van der Waals surface area contributed by atoms with E-state index in [-0.39, 0.29) is 5.69 Å². The standard InChI is InChI=1S/C13H8Cl3NO2/c1-19-13(18)12-11(5-10(16)6-17-12)7-2-8(14)4-9(15)3-7/h2-6H,1H3. The van der Waals surface area contributed by atoms with Crippen molar-refractivity contribution in [3.63, 3.8) is 0 Å². The van der Waals surface area contributed by atoms with E-state index in [1.165, 1.54) is 13.3 Å². The van der Waals surface area contributed by atoms with Gasteiger partial charge in [-0.2, -0.15) is 0 Å². The number of pyridine rings is 1. The van der Waals surface area contributed by atoms with Crippen molar-refractivity contribution in [1.82, 2.24) is 4.98 Å². The minimum atomic E-state index is -0.553. The Morgan fingerprint density at radius 1 is 1.05 bits per heavy atom. The summed E-state index contributed by atoms with van der Waals surface area (Å²) in [5.41, 5.74) is 1.32. The second-order valence-electron chi connectivity index (χ2n) is 3.70. The van der Waals surface area contributed by atoms with Gasteiger partial charge in [-0.15, -0.1) is 0 Å². The molecule has 0 aliphatic heterocycles. The Balaban J connectivity index is 2.65. The molecule has 1 aromatic heterocycles. The van der Waals surface area contributed by atoms with Crippen molar-refractivity contribution in [3.05, 3.63) is 51.2 Å². The van der Waals surface area contributed by atoms with E-state index in [0.717, 1.165) is 0 Å². The number of ether oxygens (including phenoxy) is 1. The first-order valence-corrected chi connectivity index (χ1v) is 6.35. The number of rotatable bonds is 2. The third kappa shape index (κ3) is 3.18. The lowest BCUT2D eigenvalue weighted by Crippen LogP contribution is -2.06. The zero-order chi connectivity index (χ0) is 14.0. The van der Waals surface area contributed by atoms with Gasteiger partial charge in [-0.3, -0.25) is 0 Å². The van der Waals surface area contributed by atoms with Crippen molar-refractivity contribution in [2.75, 3.05) is 7.11 Å². The second-order valence-corrected chi connectivity index (χ2v) is 5.01. The van der Waals surface area contributed by atoms with Crippen LogP contribution in [0.3, 0.4) is 0 Å². The molecule has 0 unspecified atom stereocenters. The highest BCUT2D eigenvalue weighted by molar-refractivity contribution is 6.35. The van der Waals surface area contributed by atoms with E-state index >= 15 is 0 Å². The SMILES string of the molecule is COC(=O)c1ncc(Cl)cc1-c1cc(Cl)cc(Cl)c1. The molecule has 0 radical (unpaired) electrons. The number of carbonyl (C=O) groups excluding carboxylic acids is 1. The third-order valence-corrected chi connectivity index (χ3v) is 3.05. The Labute approximate surface area is 125 Å². The predicted molar refractivity (Wildman–Crippen MR) is 76.0 cm³/mol. The molecule has 0 N–H and O–H groups in total. The maximum absolute atomic E-state index is 11.7. The molecular formula is C13H8Cl3NO2. The first-order valence-electron chi connectivity index (χ1n) is 5.21. The smallest absolute Gasteiger partial charge is 0.357 e. The average Bonchev–Trinajstić information content (AvgIpc) is 2.36. The predicted octanol–water partition coefficient (Wildman–Crippen LogP) is 4.50. The Morgan fingerprint density at radius 2 is 1.68 bits per heavy atom. The molecule has 0 spiro atoms. The molecule has 0 aliphatic carbocycles. The van der Waals surface area contributed by atoms with Crippen LogP contribution in [0.25, 0.3) is 11.1 Å². The maximum Gasteiger partial charge on any atom is 0.357 e. The average molecular weight is 317 g/mol. The molecule has 1 heterocycles. The zero-order valence-electron chi connectivity index (χ0n) is 9.78. The summed E-state index contributed by atoms with van der Waals surface area (Å²) in [7, 11) is 1.29. The van der Waals surface area contributed by atoms with E-state index < -0.39 is 5.97 Å². The monoisotopic (exact) mass is 315 g/mol. The quantitative estimate of drug-likeness (QED) is 0.766. The molecule has 0 saturated carbocycles. The minimum Gasteiger partial charge on any atom is -0.464 e. The zero-order valence-corrected chi connectivity index (χ0v) is 12.1. The molecule has 0 fully saturated rings. The summed E-state index contributed by atoms with van der Waals surface area (Å²) < 4.78 is 4.69. The molecule has 1 aromatic carbocycles. The van der Waals surface area contributed by atoms with Crippen LogP contribution in [0, 0.1) is 0 Å². The summed E-state index contributed by atoms with van der Waals surface area (Å²) in [6.45, 7) is 0. The van der Waals surface area contributed by atoms with E-state index in [0.29, 0.717) is 26.2 Å². The first-order chi connectivity index (χ1) is 9.01. The lowest BCUT2D eigenvalue weighted by atomic mass is 10.0. The summed E-state index contributed by atoms with van der Waals surface area (Å²) in [6.07, 6.45) is 1.38. The van der Waals surface area contributed by atoms with Crippen molar-refractivity contribution in [2.45, 2.75) is 0 Å². The van der Waals surface area contributed by atoms with Crippen LogP contribution in [-0.2, 0) is 4.74 Å². The first kappa shape index (κ1) is 14.1. The number of hydrogen-bond acceptors (Lipinski definition) is 3. The van der Waals surface area contributed by atoms with E-state index in [9.17, 15) is 4.79 Å². The van der Waals surface area contributed by atoms with E-state index in [1.807, 2.05) is 0 Å². The normalized spacial score (nSPS) is 10.3. The van der Waals surface area contributed by atoms with E-state index in [4.69, 9.17) is 34.8 Å². The van der Waals surface area contributed by atoms with Gasteiger partial charge >= 0.3 is 5.97 Å². The number of aromatic nitrogens is 1. The summed E-state index contributed by atoms with van der Waals surface area (Å²) in [4.78, 5) is 15.7. The number of methoxy groups -OCH3 is 1. The Kier molecular flexibility index (Phi) is 4.30. The largest absolute Gasteiger partial charge is 0.464 e. The van der Waals surface area contributed by atoms with Crippen molar-refractivity contribution in [3.8, 4) is 11.1 Å². The van der Waals surface area contributed by atoms with Gasteiger partial charge in [-0.25, -0.2) is 9.78 Å². The topological polar surface area (TPSA) is 39.2 Å². The molecular weight excluding hydrogens is 309 g/mol. The van der Waals surface area contributed by atoms with E-state index in [2.05, 4.69) is 9.72 Å². The summed E-state index contributed by atoms with van der Waals surface area (Å²) >= 11 is 17.8. The molecule has 0 bridgehead atoms. The van der Waals surface area contributed by atoms with Gasteiger partial charge in [-0.05, 0) is 29.8 Å².